The van der Waals surface area contributed by atoms with Crippen molar-refractivity contribution in [3.8, 4) is 5.88 Å². The average molecular weight is 540 g/mol. The van der Waals surface area contributed by atoms with Crippen LogP contribution in [0.5, 0.6) is 5.88 Å². The zero-order chi connectivity index (χ0) is 26.4. The number of aromatic nitrogens is 2. The van der Waals surface area contributed by atoms with Crippen molar-refractivity contribution in [2.75, 3.05) is 6.61 Å². The summed E-state index contributed by atoms with van der Waals surface area (Å²) in [5.41, 5.74) is -1.11. The molecule has 11 heteroatoms. The molecule has 3 heterocycles. The number of nitrogens with zero attached hydrogens (tertiary/aromatic N) is 3. The number of hydrogen-bond acceptors (Lipinski definition) is 9. The van der Waals surface area contributed by atoms with Crippen molar-refractivity contribution in [2.45, 2.75) is 97.3 Å². The number of amides is 1. The van der Waals surface area contributed by atoms with Crippen molar-refractivity contribution in [3.05, 3.63) is 26.5 Å². The van der Waals surface area contributed by atoms with Gasteiger partial charge in [0.15, 0.2) is 5.78 Å². The molecule has 1 aliphatic rings. The van der Waals surface area contributed by atoms with Gasteiger partial charge in [-0.3, -0.25) is 9.69 Å². The van der Waals surface area contributed by atoms with E-state index in [1.807, 2.05) is 40.0 Å². The molecule has 0 aliphatic carbocycles. The largest absolute Gasteiger partial charge is 0.530 e. The topological polar surface area (TPSA) is 90.9 Å². The molecule has 8 nitrogen and oxygen atoms in total. The van der Waals surface area contributed by atoms with Crippen LogP contribution in [-0.4, -0.2) is 53.0 Å². The smallest absolute Gasteiger partial charge is 0.413 e. The molecule has 2 aromatic heterocycles. The van der Waals surface area contributed by atoms with Crippen molar-refractivity contribution in [3.63, 3.8) is 0 Å². The first-order chi connectivity index (χ1) is 15.9. The summed E-state index contributed by atoms with van der Waals surface area (Å²) < 4.78 is 17.7. The van der Waals surface area contributed by atoms with Crippen LogP contribution in [0.3, 0.4) is 0 Å². The molecule has 1 aliphatic heterocycles. The highest BCUT2D eigenvalue weighted by Gasteiger charge is 2.47. The highest BCUT2D eigenvalue weighted by Crippen LogP contribution is 2.40. The van der Waals surface area contributed by atoms with Gasteiger partial charge in [-0.2, -0.15) is 0 Å². The Morgan fingerprint density at radius 1 is 1.14 bits per heavy atom. The number of hydrogen-bond donors (Lipinski definition) is 0. The summed E-state index contributed by atoms with van der Waals surface area (Å²) in [4.78, 5) is 36.6. The Kier molecular flexibility index (Phi) is 7.59. The molecule has 1 saturated heterocycles. The fraction of sp³-hybridized carbons (Fsp3) is 0.667. The van der Waals surface area contributed by atoms with Gasteiger partial charge in [0.1, 0.15) is 33.1 Å². The van der Waals surface area contributed by atoms with Crippen LogP contribution in [0.25, 0.3) is 0 Å². The molecule has 0 radical (unpaired) electrons. The molecule has 0 bridgehead atoms. The third kappa shape index (κ3) is 6.49. The van der Waals surface area contributed by atoms with Crippen LogP contribution in [-0.2, 0) is 15.9 Å². The number of ether oxygens (including phenoxy) is 2. The first-order valence-corrected chi connectivity index (χ1v) is 16.3. The summed E-state index contributed by atoms with van der Waals surface area (Å²) in [6, 6.07) is -0.421. The lowest BCUT2D eigenvalue weighted by molar-refractivity contribution is -0.0626. The second-order valence-corrected chi connectivity index (χ2v) is 18.3. The Hall–Kier alpha value is -1.82. The molecule has 1 amide bonds. The maximum Gasteiger partial charge on any atom is 0.413 e. The van der Waals surface area contributed by atoms with Gasteiger partial charge in [0.25, 0.3) is 8.32 Å². The van der Waals surface area contributed by atoms with Gasteiger partial charge in [-0.15, -0.1) is 22.7 Å². The molecular formula is C24H37N3O5S2Si. The predicted octanol–water partition coefficient (Wildman–Crippen LogP) is 6.45. The Balaban J connectivity index is 1.71. The van der Waals surface area contributed by atoms with E-state index in [0.717, 1.165) is 0 Å². The number of carbonyl (C=O) groups is 2. The molecule has 1 fully saturated rings. The minimum Gasteiger partial charge on any atom is -0.530 e. The van der Waals surface area contributed by atoms with Crippen LogP contribution < -0.4 is 4.43 Å². The molecule has 35 heavy (non-hydrogen) atoms. The zero-order valence-electron chi connectivity index (χ0n) is 22.3. The monoisotopic (exact) mass is 539 g/mol. The van der Waals surface area contributed by atoms with E-state index in [1.165, 1.54) is 22.7 Å². The van der Waals surface area contributed by atoms with E-state index in [0.29, 0.717) is 21.6 Å². The van der Waals surface area contributed by atoms with E-state index in [4.69, 9.17) is 13.9 Å². The van der Waals surface area contributed by atoms with Crippen molar-refractivity contribution < 1.29 is 23.5 Å². The lowest BCUT2D eigenvalue weighted by Gasteiger charge is -2.35. The SMILES string of the molecule is CC(C)(C)OC(=O)N1[C@H](c2nc(C(=O)Cc3nc(O[Si](C)(C)C(C)(C)C)cs3)cs2)COC1(C)C. The number of thiazole rings is 2. The van der Waals surface area contributed by atoms with Crippen molar-refractivity contribution in [2.24, 2.45) is 0 Å². The summed E-state index contributed by atoms with van der Waals surface area (Å²) in [6.07, 6.45) is -0.318. The quantitative estimate of drug-likeness (QED) is 0.307. The summed E-state index contributed by atoms with van der Waals surface area (Å²) in [7, 11) is -2.00. The van der Waals surface area contributed by atoms with Crippen molar-refractivity contribution in [1.29, 1.82) is 0 Å². The van der Waals surface area contributed by atoms with E-state index in [9.17, 15) is 9.59 Å². The van der Waals surface area contributed by atoms with Gasteiger partial charge in [0, 0.05) is 5.38 Å². The maximum absolute atomic E-state index is 13.0. The van der Waals surface area contributed by atoms with Crippen LogP contribution in [0.2, 0.25) is 18.1 Å². The van der Waals surface area contributed by atoms with Gasteiger partial charge in [0.05, 0.1) is 18.4 Å². The molecule has 0 saturated carbocycles. The van der Waals surface area contributed by atoms with Crippen LogP contribution in [0.1, 0.15) is 81.9 Å². The van der Waals surface area contributed by atoms with E-state index >= 15 is 0 Å². The molecule has 1 atom stereocenters. The number of ketones is 1. The Morgan fingerprint density at radius 2 is 1.80 bits per heavy atom. The molecule has 0 unspecified atom stereocenters. The summed E-state index contributed by atoms with van der Waals surface area (Å²) >= 11 is 2.76. The normalized spacial score (nSPS) is 18.6. The van der Waals surface area contributed by atoms with Crippen LogP contribution in [0.4, 0.5) is 4.79 Å². The standard InChI is InChI=1S/C24H37N3O5S2Si/c1-22(2,3)31-21(29)27-16(12-30-24(27,7)8)20-25-15(13-34-20)17(28)11-19-26-18(14-33-19)32-35(9,10)23(4,5)6/h13-14,16H,11-12H2,1-10H3/t16-/m0/s1. The highest BCUT2D eigenvalue weighted by molar-refractivity contribution is 7.10. The lowest BCUT2D eigenvalue weighted by atomic mass is 10.2. The first-order valence-electron chi connectivity index (χ1n) is 11.7. The minimum atomic E-state index is -2.00. The molecule has 194 valence electrons. The van der Waals surface area contributed by atoms with E-state index in [2.05, 4.69) is 43.8 Å². The van der Waals surface area contributed by atoms with Crippen molar-refractivity contribution in [1.82, 2.24) is 14.9 Å². The van der Waals surface area contributed by atoms with Crippen LogP contribution in [0, 0.1) is 0 Å². The minimum absolute atomic E-state index is 0.0648. The molecule has 0 aromatic carbocycles. The van der Waals surface area contributed by atoms with Crippen molar-refractivity contribution >= 4 is 42.9 Å². The first kappa shape index (κ1) is 27.8. The molecular weight excluding hydrogens is 503 g/mol. The number of rotatable bonds is 6. The predicted molar refractivity (Wildman–Crippen MR) is 141 cm³/mol. The summed E-state index contributed by atoms with van der Waals surface area (Å²) in [5.74, 6) is 0.462. The fourth-order valence-electron chi connectivity index (χ4n) is 3.28. The second-order valence-electron chi connectivity index (χ2n) is 11.7. The number of Topliss-reactive ketones (excluding diaryl/α,β-unsaturated/α-hetero) is 1. The third-order valence-corrected chi connectivity index (χ3v) is 12.3. The zero-order valence-corrected chi connectivity index (χ0v) is 25.0. The van der Waals surface area contributed by atoms with Crippen LogP contribution >= 0.6 is 22.7 Å². The van der Waals surface area contributed by atoms with E-state index in [1.54, 1.807) is 10.3 Å². The van der Waals surface area contributed by atoms with Gasteiger partial charge < -0.3 is 13.9 Å². The molecule has 2 aromatic rings. The fourth-order valence-corrected chi connectivity index (χ4v) is 5.89. The average Bonchev–Trinajstić information content (AvgIpc) is 3.37. The van der Waals surface area contributed by atoms with Crippen LogP contribution in [0.15, 0.2) is 10.8 Å². The maximum atomic E-state index is 13.0. The highest BCUT2D eigenvalue weighted by atomic mass is 32.1. The van der Waals surface area contributed by atoms with Gasteiger partial charge >= 0.3 is 6.09 Å². The Morgan fingerprint density at radius 3 is 2.40 bits per heavy atom. The second kappa shape index (κ2) is 9.57. The summed E-state index contributed by atoms with van der Waals surface area (Å²) in [5, 5.41) is 5.00. The van der Waals surface area contributed by atoms with E-state index < -0.39 is 31.8 Å². The van der Waals surface area contributed by atoms with Gasteiger partial charge in [-0.05, 0) is 52.8 Å². The van der Waals surface area contributed by atoms with Gasteiger partial charge in [-0.25, -0.2) is 14.8 Å². The van der Waals surface area contributed by atoms with E-state index in [-0.39, 0.29) is 23.8 Å². The molecule has 0 N–H and O–H groups in total. The third-order valence-electron chi connectivity index (χ3n) is 6.18. The van der Waals surface area contributed by atoms with Gasteiger partial charge in [0.2, 0.25) is 5.88 Å². The number of carbonyl (C=O) groups excluding carboxylic acids is 2. The molecule has 0 spiro atoms. The lowest BCUT2D eigenvalue weighted by Crippen LogP contribution is -2.47. The van der Waals surface area contributed by atoms with Gasteiger partial charge in [-0.1, -0.05) is 20.8 Å². The summed E-state index contributed by atoms with van der Waals surface area (Å²) in [6.45, 7) is 20.3. The molecule has 3 rings (SSSR count). The Bertz CT molecular complexity index is 1080. The Labute approximate surface area is 217 Å².